The molecule has 1 aliphatic carbocycles. The average molecular weight is 229 g/mol. The molecular formula is C12H23NO3. The summed E-state index contributed by atoms with van der Waals surface area (Å²) in [5, 5.41) is 0. The Balaban J connectivity index is 1.98. The predicted molar refractivity (Wildman–Crippen MR) is 62.0 cm³/mol. The van der Waals surface area contributed by atoms with Gasteiger partial charge in [0.15, 0.2) is 0 Å². The molecule has 0 heterocycles. The van der Waals surface area contributed by atoms with E-state index in [0.717, 1.165) is 18.9 Å². The van der Waals surface area contributed by atoms with Crippen molar-refractivity contribution in [2.75, 3.05) is 20.3 Å². The molecule has 0 aromatic heterocycles. The molecule has 1 saturated carbocycles. The molecule has 0 saturated heterocycles. The first kappa shape index (κ1) is 13.5. The van der Waals surface area contributed by atoms with Gasteiger partial charge >= 0.3 is 5.97 Å². The van der Waals surface area contributed by atoms with Crippen LogP contribution in [0.25, 0.3) is 0 Å². The van der Waals surface area contributed by atoms with Gasteiger partial charge in [0.2, 0.25) is 0 Å². The maximum absolute atomic E-state index is 11.3. The fourth-order valence-electron chi connectivity index (χ4n) is 1.64. The molecule has 16 heavy (non-hydrogen) atoms. The summed E-state index contributed by atoms with van der Waals surface area (Å²) in [6.07, 6.45) is 5.31. The second-order valence-electron chi connectivity index (χ2n) is 4.86. The maximum Gasteiger partial charge on any atom is 0.325 e. The molecule has 1 fully saturated rings. The molecule has 1 atom stereocenters. The standard InChI is InChI=1S/C12H23NO3/c1-12(13,11(14)15-2)7-3-8-16-9-6-10-4-5-10/h10H,3-9,13H2,1-2H3. The third-order valence-corrected chi connectivity index (χ3v) is 3.00. The Morgan fingerprint density at radius 3 is 2.69 bits per heavy atom. The van der Waals surface area contributed by atoms with Crippen LogP contribution in [0.15, 0.2) is 0 Å². The number of esters is 1. The van der Waals surface area contributed by atoms with Crippen LogP contribution in [0, 0.1) is 5.92 Å². The Bertz CT molecular complexity index is 224. The lowest BCUT2D eigenvalue weighted by atomic mass is 9.98. The van der Waals surface area contributed by atoms with Gasteiger partial charge in [0.1, 0.15) is 5.54 Å². The number of carbonyl (C=O) groups excluding carboxylic acids is 1. The van der Waals surface area contributed by atoms with E-state index in [4.69, 9.17) is 10.5 Å². The molecule has 1 rings (SSSR count). The van der Waals surface area contributed by atoms with Crippen molar-refractivity contribution in [2.24, 2.45) is 11.7 Å². The zero-order valence-electron chi connectivity index (χ0n) is 10.3. The van der Waals surface area contributed by atoms with Gasteiger partial charge in [-0.3, -0.25) is 4.79 Å². The Morgan fingerprint density at radius 1 is 1.44 bits per heavy atom. The van der Waals surface area contributed by atoms with Crippen LogP contribution in [-0.2, 0) is 14.3 Å². The lowest BCUT2D eigenvalue weighted by Crippen LogP contribution is -2.45. The summed E-state index contributed by atoms with van der Waals surface area (Å²) in [5.41, 5.74) is 4.93. The largest absolute Gasteiger partial charge is 0.468 e. The van der Waals surface area contributed by atoms with Crippen LogP contribution in [-0.4, -0.2) is 31.8 Å². The third kappa shape index (κ3) is 4.94. The van der Waals surface area contributed by atoms with Gasteiger partial charge in [0, 0.05) is 13.2 Å². The van der Waals surface area contributed by atoms with Gasteiger partial charge in [-0.05, 0) is 32.1 Å². The molecule has 1 unspecified atom stereocenters. The van der Waals surface area contributed by atoms with Gasteiger partial charge in [-0.1, -0.05) is 12.8 Å². The first-order chi connectivity index (χ1) is 7.56. The molecule has 0 aromatic carbocycles. The molecule has 1 aliphatic rings. The van der Waals surface area contributed by atoms with Crippen molar-refractivity contribution >= 4 is 5.97 Å². The van der Waals surface area contributed by atoms with Gasteiger partial charge in [-0.15, -0.1) is 0 Å². The highest BCUT2D eigenvalue weighted by Crippen LogP contribution is 2.32. The molecule has 2 N–H and O–H groups in total. The fourth-order valence-corrected chi connectivity index (χ4v) is 1.64. The Labute approximate surface area is 97.5 Å². The molecule has 4 nitrogen and oxygen atoms in total. The molecular weight excluding hydrogens is 206 g/mol. The normalized spacial score (nSPS) is 19.2. The van der Waals surface area contributed by atoms with Crippen molar-refractivity contribution in [3.05, 3.63) is 0 Å². The van der Waals surface area contributed by atoms with Crippen molar-refractivity contribution in [3.8, 4) is 0 Å². The first-order valence-electron chi connectivity index (χ1n) is 6.01. The minimum absolute atomic E-state index is 0.356. The van der Waals surface area contributed by atoms with Crippen LogP contribution in [0.2, 0.25) is 0 Å². The summed E-state index contributed by atoms with van der Waals surface area (Å²) in [6.45, 7) is 3.21. The van der Waals surface area contributed by atoms with E-state index in [2.05, 4.69) is 4.74 Å². The first-order valence-corrected chi connectivity index (χ1v) is 6.01. The number of rotatable bonds is 8. The van der Waals surface area contributed by atoms with Gasteiger partial charge in [-0.25, -0.2) is 0 Å². The topological polar surface area (TPSA) is 61.5 Å². The zero-order valence-corrected chi connectivity index (χ0v) is 10.3. The summed E-state index contributed by atoms with van der Waals surface area (Å²) < 4.78 is 10.1. The predicted octanol–water partition coefficient (Wildman–Crippen LogP) is 1.47. The van der Waals surface area contributed by atoms with Gasteiger partial charge in [0.25, 0.3) is 0 Å². The smallest absolute Gasteiger partial charge is 0.325 e. The second kappa shape index (κ2) is 6.21. The maximum atomic E-state index is 11.3. The van der Waals surface area contributed by atoms with E-state index in [0.29, 0.717) is 13.0 Å². The van der Waals surface area contributed by atoms with E-state index in [-0.39, 0.29) is 5.97 Å². The minimum atomic E-state index is -0.880. The lowest BCUT2D eigenvalue weighted by molar-refractivity contribution is -0.146. The highest BCUT2D eigenvalue weighted by molar-refractivity contribution is 5.79. The number of hydrogen-bond acceptors (Lipinski definition) is 4. The van der Waals surface area contributed by atoms with Crippen LogP contribution < -0.4 is 5.73 Å². The lowest BCUT2D eigenvalue weighted by Gasteiger charge is -2.20. The summed E-state index contributed by atoms with van der Waals surface area (Å²) >= 11 is 0. The molecule has 0 amide bonds. The quantitative estimate of drug-likeness (QED) is 0.506. The monoisotopic (exact) mass is 229 g/mol. The SMILES string of the molecule is COC(=O)C(C)(N)CCCOCCC1CC1. The van der Waals surface area contributed by atoms with E-state index in [1.54, 1.807) is 6.92 Å². The van der Waals surface area contributed by atoms with Gasteiger partial charge in [-0.2, -0.15) is 0 Å². The van der Waals surface area contributed by atoms with Crippen LogP contribution in [0.4, 0.5) is 0 Å². The third-order valence-electron chi connectivity index (χ3n) is 3.00. The van der Waals surface area contributed by atoms with E-state index in [1.165, 1.54) is 26.4 Å². The molecule has 0 radical (unpaired) electrons. The highest BCUT2D eigenvalue weighted by Gasteiger charge is 2.28. The summed E-state index contributed by atoms with van der Waals surface area (Å²) in [5.74, 6) is 0.556. The molecule has 0 aliphatic heterocycles. The van der Waals surface area contributed by atoms with Crippen molar-refractivity contribution < 1.29 is 14.3 Å². The minimum Gasteiger partial charge on any atom is -0.468 e. The van der Waals surface area contributed by atoms with E-state index in [1.807, 2.05) is 0 Å². The van der Waals surface area contributed by atoms with E-state index in [9.17, 15) is 4.79 Å². The number of ether oxygens (including phenoxy) is 2. The Kier molecular flexibility index (Phi) is 5.22. The fraction of sp³-hybridized carbons (Fsp3) is 0.917. The average Bonchev–Trinajstić information content (AvgIpc) is 3.05. The Hall–Kier alpha value is -0.610. The van der Waals surface area contributed by atoms with Crippen molar-refractivity contribution in [3.63, 3.8) is 0 Å². The van der Waals surface area contributed by atoms with Crippen LogP contribution in [0.1, 0.15) is 39.0 Å². The summed E-state index contributed by atoms with van der Waals surface area (Å²) in [6, 6.07) is 0. The number of hydrogen-bond donors (Lipinski definition) is 1. The molecule has 0 bridgehead atoms. The number of carbonyl (C=O) groups is 1. The number of methoxy groups -OCH3 is 1. The van der Waals surface area contributed by atoms with Crippen LogP contribution in [0.3, 0.4) is 0 Å². The van der Waals surface area contributed by atoms with Gasteiger partial charge < -0.3 is 15.2 Å². The van der Waals surface area contributed by atoms with Crippen LogP contribution in [0.5, 0.6) is 0 Å². The van der Waals surface area contributed by atoms with Crippen molar-refractivity contribution in [2.45, 2.75) is 44.6 Å². The number of nitrogens with two attached hydrogens (primary N) is 1. The molecule has 94 valence electrons. The summed E-state index contributed by atoms with van der Waals surface area (Å²) in [7, 11) is 1.36. The van der Waals surface area contributed by atoms with Crippen molar-refractivity contribution in [1.29, 1.82) is 0 Å². The van der Waals surface area contributed by atoms with Crippen LogP contribution >= 0.6 is 0 Å². The zero-order chi connectivity index (χ0) is 12.0. The molecule has 0 aromatic rings. The molecule has 4 heteroatoms. The Morgan fingerprint density at radius 2 is 2.12 bits per heavy atom. The summed E-state index contributed by atoms with van der Waals surface area (Å²) in [4.78, 5) is 11.3. The van der Waals surface area contributed by atoms with E-state index < -0.39 is 5.54 Å². The highest BCUT2D eigenvalue weighted by atomic mass is 16.5. The van der Waals surface area contributed by atoms with Crippen molar-refractivity contribution in [1.82, 2.24) is 0 Å². The second-order valence-corrected chi connectivity index (χ2v) is 4.86. The molecule has 0 spiro atoms. The van der Waals surface area contributed by atoms with Gasteiger partial charge in [0.05, 0.1) is 7.11 Å². The van der Waals surface area contributed by atoms with E-state index >= 15 is 0 Å².